The van der Waals surface area contributed by atoms with Gasteiger partial charge in [-0.1, -0.05) is 0 Å². The first-order valence-corrected chi connectivity index (χ1v) is 5.39. The summed E-state index contributed by atoms with van der Waals surface area (Å²) in [7, 11) is 0. The maximum absolute atomic E-state index is 13.8. The SMILES string of the molecule is Cc1c(C(=O)O)c2cc(=O)cc(F)c-2cn1CC#N. The van der Waals surface area contributed by atoms with E-state index in [2.05, 4.69) is 0 Å². The predicted molar refractivity (Wildman–Crippen MR) is 64.6 cm³/mol. The van der Waals surface area contributed by atoms with Crippen molar-refractivity contribution in [3.63, 3.8) is 0 Å². The van der Waals surface area contributed by atoms with E-state index in [0.29, 0.717) is 5.69 Å². The molecule has 0 bridgehead atoms. The Balaban J connectivity index is 2.96. The molecule has 0 aromatic carbocycles. The highest BCUT2D eigenvalue weighted by Gasteiger charge is 2.22. The van der Waals surface area contributed by atoms with Crippen LogP contribution in [0.4, 0.5) is 4.39 Å². The van der Waals surface area contributed by atoms with E-state index < -0.39 is 17.2 Å². The predicted octanol–water partition coefficient (Wildman–Crippen LogP) is 1.62. The number of carboxylic acid groups (broad SMARTS) is 1. The minimum absolute atomic E-state index is 0.0119. The zero-order chi connectivity index (χ0) is 14.2. The van der Waals surface area contributed by atoms with Crippen LogP contribution in [0.1, 0.15) is 16.1 Å². The fourth-order valence-electron chi connectivity index (χ4n) is 2.03. The molecule has 0 aromatic heterocycles. The zero-order valence-electron chi connectivity index (χ0n) is 9.98. The Bertz CT molecular complexity index is 743. The Hall–Kier alpha value is -2.68. The molecule has 2 rings (SSSR count). The summed E-state index contributed by atoms with van der Waals surface area (Å²) in [6.07, 6.45) is 1.34. The third-order valence-corrected chi connectivity index (χ3v) is 2.90. The lowest BCUT2D eigenvalue weighted by Crippen LogP contribution is -2.15. The van der Waals surface area contributed by atoms with Gasteiger partial charge in [0.25, 0.3) is 0 Å². The Kier molecular flexibility index (Phi) is 3.05. The lowest BCUT2D eigenvalue weighted by atomic mass is 9.97. The lowest BCUT2D eigenvalue weighted by molar-refractivity contribution is 0.0696. The summed E-state index contributed by atoms with van der Waals surface area (Å²) < 4.78 is 15.1. The van der Waals surface area contributed by atoms with Gasteiger partial charge in [-0.2, -0.15) is 5.26 Å². The monoisotopic (exact) mass is 260 g/mol. The van der Waals surface area contributed by atoms with Gasteiger partial charge in [0.1, 0.15) is 12.4 Å². The van der Waals surface area contributed by atoms with Crippen molar-refractivity contribution in [3.05, 3.63) is 45.6 Å². The van der Waals surface area contributed by atoms with Gasteiger partial charge in [0.15, 0.2) is 5.43 Å². The first-order chi connectivity index (χ1) is 8.95. The van der Waals surface area contributed by atoms with Gasteiger partial charge < -0.3 is 9.67 Å². The molecule has 1 aliphatic heterocycles. The van der Waals surface area contributed by atoms with Gasteiger partial charge in [-0.25, -0.2) is 9.18 Å². The highest BCUT2D eigenvalue weighted by molar-refractivity contribution is 5.97. The first kappa shape index (κ1) is 12.8. The number of pyridine rings is 1. The van der Waals surface area contributed by atoms with E-state index in [1.807, 2.05) is 6.07 Å². The topological polar surface area (TPSA) is 83.1 Å². The van der Waals surface area contributed by atoms with Gasteiger partial charge in [-0.15, -0.1) is 0 Å². The lowest BCUT2D eigenvalue weighted by Gasteiger charge is -2.17. The fourth-order valence-corrected chi connectivity index (χ4v) is 2.03. The molecule has 0 radical (unpaired) electrons. The van der Waals surface area contributed by atoms with Gasteiger partial charge in [0, 0.05) is 29.1 Å². The van der Waals surface area contributed by atoms with Crippen LogP contribution in [0.5, 0.6) is 0 Å². The zero-order valence-corrected chi connectivity index (χ0v) is 9.98. The molecule has 0 fully saturated rings. The summed E-state index contributed by atoms with van der Waals surface area (Å²) in [5.41, 5.74) is -0.400. The van der Waals surface area contributed by atoms with Crippen molar-refractivity contribution in [2.24, 2.45) is 0 Å². The molecule has 0 unspecified atom stereocenters. The molecule has 0 atom stereocenters. The number of carbonyl (C=O) groups is 1. The number of halogens is 1. The number of aromatic nitrogens is 1. The van der Waals surface area contributed by atoms with Crippen molar-refractivity contribution in [1.82, 2.24) is 4.57 Å². The van der Waals surface area contributed by atoms with Crippen LogP contribution in [0.15, 0.2) is 23.1 Å². The normalized spacial score (nSPS) is 10.4. The van der Waals surface area contributed by atoms with Gasteiger partial charge in [0.2, 0.25) is 0 Å². The first-order valence-electron chi connectivity index (χ1n) is 5.39. The molecule has 1 N–H and O–H groups in total. The summed E-state index contributed by atoms with van der Waals surface area (Å²) in [6, 6.07) is 3.75. The molecule has 1 aliphatic carbocycles. The van der Waals surface area contributed by atoms with Crippen molar-refractivity contribution in [3.8, 4) is 17.2 Å². The summed E-state index contributed by atoms with van der Waals surface area (Å²) in [4.78, 5) is 22.6. The molecule has 0 saturated heterocycles. The van der Waals surface area contributed by atoms with Crippen molar-refractivity contribution >= 4 is 5.97 Å². The quantitative estimate of drug-likeness (QED) is 0.889. The smallest absolute Gasteiger partial charge is 0.338 e. The highest BCUT2D eigenvalue weighted by atomic mass is 19.1. The number of nitrogens with zero attached hydrogens (tertiary/aromatic N) is 2. The molecule has 2 aliphatic rings. The molecule has 5 nitrogen and oxygen atoms in total. The molecule has 19 heavy (non-hydrogen) atoms. The number of nitriles is 1. The molecule has 0 aromatic rings. The van der Waals surface area contributed by atoms with Crippen molar-refractivity contribution in [2.75, 3.05) is 0 Å². The van der Waals surface area contributed by atoms with E-state index in [0.717, 1.165) is 12.1 Å². The molecular weight excluding hydrogens is 251 g/mol. The maximum Gasteiger partial charge on any atom is 0.338 e. The summed E-state index contributed by atoms with van der Waals surface area (Å²) in [5, 5.41) is 17.9. The minimum atomic E-state index is -1.26. The van der Waals surface area contributed by atoms with Crippen molar-refractivity contribution in [2.45, 2.75) is 13.5 Å². The Morgan fingerprint density at radius 2 is 2.16 bits per heavy atom. The maximum atomic E-state index is 13.8. The van der Waals surface area contributed by atoms with E-state index in [4.69, 9.17) is 5.26 Å². The fraction of sp³-hybridized carbons (Fsp3) is 0.154. The van der Waals surface area contributed by atoms with Crippen LogP contribution < -0.4 is 5.43 Å². The molecular formula is C13H9FN2O3. The third-order valence-electron chi connectivity index (χ3n) is 2.90. The van der Waals surface area contributed by atoms with Gasteiger partial charge >= 0.3 is 5.97 Å². The summed E-state index contributed by atoms with van der Waals surface area (Å²) in [5.74, 6) is -2.06. The van der Waals surface area contributed by atoms with Crippen LogP contribution in [0.25, 0.3) is 11.1 Å². The number of hydrogen-bond donors (Lipinski definition) is 1. The number of hydrogen-bond acceptors (Lipinski definition) is 3. The van der Waals surface area contributed by atoms with Crippen molar-refractivity contribution in [1.29, 1.82) is 5.26 Å². The van der Waals surface area contributed by atoms with Crippen molar-refractivity contribution < 1.29 is 14.3 Å². The average Bonchev–Trinajstić information content (AvgIpc) is 2.30. The minimum Gasteiger partial charge on any atom is -0.478 e. The molecule has 96 valence electrons. The van der Waals surface area contributed by atoms with Gasteiger partial charge in [-0.05, 0) is 13.0 Å². The van der Waals surface area contributed by atoms with E-state index >= 15 is 0 Å². The molecule has 0 spiro atoms. The van der Waals surface area contributed by atoms with Crippen LogP contribution in [-0.2, 0) is 6.54 Å². The second-order valence-electron chi connectivity index (χ2n) is 4.05. The molecule has 0 saturated carbocycles. The number of benzene rings is 1. The van der Waals surface area contributed by atoms with Crippen LogP contribution in [-0.4, -0.2) is 15.6 Å². The number of aromatic carboxylic acids is 1. The molecule has 6 heteroatoms. The van der Waals surface area contributed by atoms with E-state index in [9.17, 15) is 19.1 Å². The van der Waals surface area contributed by atoms with Gasteiger partial charge in [0.05, 0.1) is 11.6 Å². The number of fused-ring (bicyclic) bond motifs is 1. The molecule has 1 heterocycles. The van der Waals surface area contributed by atoms with E-state index in [1.165, 1.54) is 17.7 Å². The van der Waals surface area contributed by atoms with Crippen LogP contribution in [0.3, 0.4) is 0 Å². The Morgan fingerprint density at radius 3 is 2.74 bits per heavy atom. The van der Waals surface area contributed by atoms with Crippen LogP contribution in [0.2, 0.25) is 0 Å². The number of rotatable bonds is 2. The Labute approximate surface area is 107 Å². The Morgan fingerprint density at radius 1 is 1.47 bits per heavy atom. The second kappa shape index (κ2) is 4.53. The largest absolute Gasteiger partial charge is 0.478 e. The standard InChI is InChI=1S/C13H9FN2O3/c1-7-12(13(18)19)9-4-8(17)5-11(14)10(9)6-16(7)3-2-15/h4-6H,3H2,1H3,(H,18,19). The molecule has 0 amide bonds. The van der Waals surface area contributed by atoms with E-state index in [-0.39, 0.29) is 23.2 Å². The summed E-state index contributed by atoms with van der Waals surface area (Å²) in [6.45, 7) is 1.41. The summed E-state index contributed by atoms with van der Waals surface area (Å²) >= 11 is 0. The average molecular weight is 260 g/mol. The number of carboxylic acids is 1. The second-order valence-corrected chi connectivity index (χ2v) is 4.05. The van der Waals surface area contributed by atoms with Crippen LogP contribution in [0, 0.1) is 24.1 Å². The van der Waals surface area contributed by atoms with E-state index in [1.54, 1.807) is 0 Å². The van der Waals surface area contributed by atoms with Gasteiger partial charge in [-0.3, -0.25) is 4.79 Å². The highest BCUT2D eigenvalue weighted by Crippen LogP contribution is 2.29. The third kappa shape index (κ3) is 2.06. The van der Waals surface area contributed by atoms with Crippen LogP contribution >= 0.6 is 0 Å².